The molecule has 5 rings (SSSR count). The van der Waals surface area contributed by atoms with E-state index in [1.54, 1.807) is 27.0 Å². The number of aromatic nitrogens is 2. The number of pyridine rings is 1. The minimum atomic E-state index is -1.11. The van der Waals surface area contributed by atoms with Crippen LogP contribution in [-0.2, 0) is 15.1 Å². The summed E-state index contributed by atoms with van der Waals surface area (Å²) in [6.07, 6.45) is 0.0398. The second kappa shape index (κ2) is 9.62. The SMILES string of the molecule is COc1cc(OC)c2nc(C(C)(C)NC(=O)Nc3ccc4c(n3)C(=O)N(C3CCC(=O)NC3=O)C4=O)sc2c1. The molecular formula is C25H24N6O7S. The summed E-state index contributed by atoms with van der Waals surface area (Å²) in [5.41, 5.74) is -0.446. The van der Waals surface area contributed by atoms with Crippen LogP contribution >= 0.6 is 11.3 Å². The number of hydrogen-bond donors (Lipinski definition) is 3. The number of carbonyl (C=O) groups excluding carboxylic acids is 5. The number of carbonyl (C=O) groups is 5. The maximum Gasteiger partial charge on any atom is 0.321 e. The summed E-state index contributed by atoms with van der Waals surface area (Å²) in [5.74, 6) is -1.44. The first-order valence-corrected chi connectivity index (χ1v) is 12.7. The highest BCUT2D eigenvalue weighted by atomic mass is 32.1. The molecule has 1 unspecified atom stereocenters. The molecule has 0 saturated carbocycles. The van der Waals surface area contributed by atoms with Crippen LogP contribution in [0.15, 0.2) is 24.3 Å². The second-order valence-corrected chi connectivity index (χ2v) is 10.5. The van der Waals surface area contributed by atoms with Gasteiger partial charge in [-0.15, -0.1) is 11.3 Å². The van der Waals surface area contributed by atoms with Gasteiger partial charge in [0.15, 0.2) is 0 Å². The third-order valence-corrected chi connectivity index (χ3v) is 7.71. The van der Waals surface area contributed by atoms with Gasteiger partial charge >= 0.3 is 6.03 Å². The Morgan fingerprint density at radius 2 is 1.87 bits per heavy atom. The first-order chi connectivity index (χ1) is 18.5. The third-order valence-electron chi connectivity index (χ3n) is 6.38. The summed E-state index contributed by atoms with van der Waals surface area (Å²) >= 11 is 1.37. The number of urea groups is 1. The molecule has 0 aliphatic carbocycles. The fourth-order valence-corrected chi connectivity index (χ4v) is 5.48. The average Bonchev–Trinajstić information content (AvgIpc) is 3.43. The number of rotatable bonds is 6. The van der Waals surface area contributed by atoms with E-state index in [1.165, 1.54) is 30.6 Å². The van der Waals surface area contributed by atoms with E-state index in [4.69, 9.17) is 9.47 Å². The van der Waals surface area contributed by atoms with Crippen molar-refractivity contribution >= 4 is 57.0 Å². The van der Waals surface area contributed by atoms with E-state index in [-0.39, 0.29) is 29.9 Å². The van der Waals surface area contributed by atoms with E-state index in [9.17, 15) is 24.0 Å². The van der Waals surface area contributed by atoms with E-state index >= 15 is 0 Å². The number of nitrogens with zero attached hydrogens (tertiary/aromatic N) is 3. The van der Waals surface area contributed by atoms with Crippen LogP contribution in [-0.4, -0.2) is 64.8 Å². The van der Waals surface area contributed by atoms with Crippen molar-refractivity contribution in [3.8, 4) is 11.5 Å². The molecule has 1 aromatic carbocycles. The van der Waals surface area contributed by atoms with Gasteiger partial charge in [-0.1, -0.05) is 0 Å². The molecule has 39 heavy (non-hydrogen) atoms. The molecule has 0 spiro atoms. The molecule has 2 aliphatic heterocycles. The van der Waals surface area contributed by atoms with Crippen molar-refractivity contribution in [2.45, 2.75) is 38.3 Å². The molecule has 0 bridgehead atoms. The van der Waals surface area contributed by atoms with Crippen LogP contribution in [0.3, 0.4) is 0 Å². The van der Waals surface area contributed by atoms with Crippen LogP contribution in [0, 0.1) is 0 Å². The maximum atomic E-state index is 13.0. The lowest BCUT2D eigenvalue weighted by Crippen LogP contribution is -2.54. The van der Waals surface area contributed by atoms with Crippen LogP contribution in [0.5, 0.6) is 11.5 Å². The summed E-state index contributed by atoms with van der Waals surface area (Å²) in [6, 6.07) is 4.59. The van der Waals surface area contributed by atoms with Crippen molar-refractivity contribution in [2.24, 2.45) is 0 Å². The standard InChI is InChI=1S/C25H24N6O7S/c1-25(2,23-29-19-14(38-4)9-11(37-3)10-15(19)39-23)30-24(36)27-16-7-5-12-18(26-16)22(35)31(21(12)34)13-6-8-17(32)28-20(13)33/h5,7,9-10,13H,6,8H2,1-4H3,(H,28,32,33)(H2,26,27,30,36). The molecule has 3 aromatic rings. The molecule has 14 heteroatoms. The predicted octanol–water partition coefficient (Wildman–Crippen LogP) is 2.17. The zero-order valence-electron chi connectivity index (χ0n) is 21.4. The number of anilines is 1. The summed E-state index contributed by atoms with van der Waals surface area (Å²) in [4.78, 5) is 72.1. The zero-order valence-corrected chi connectivity index (χ0v) is 22.2. The highest BCUT2D eigenvalue weighted by Gasteiger charge is 2.45. The van der Waals surface area contributed by atoms with Gasteiger partial charge in [-0.05, 0) is 38.5 Å². The number of thiazole rings is 1. The molecule has 0 radical (unpaired) electrons. The molecule has 202 valence electrons. The van der Waals surface area contributed by atoms with Gasteiger partial charge in [0, 0.05) is 12.5 Å². The van der Waals surface area contributed by atoms with Crippen LogP contribution in [0.4, 0.5) is 10.6 Å². The zero-order chi connectivity index (χ0) is 28.1. The maximum absolute atomic E-state index is 13.0. The number of methoxy groups -OCH3 is 2. The van der Waals surface area contributed by atoms with Crippen molar-refractivity contribution in [1.82, 2.24) is 25.5 Å². The lowest BCUT2D eigenvalue weighted by molar-refractivity contribution is -0.136. The van der Waals surface area contributed by atoms with E-state index in [2.05, 4.69) is 25.9 Å². The van der Waals surface area contributed by atoms with Crippen LogP contribution in [0.1, 0.15) is 52.5 Å². The molecule has 6 amide bonds. The highest BCUT2D eigenvalue weighted by Crippen LogP contribution is 2.37. The van der Waals surface area contributed by atoms with Crippen molar-refractivity contribution in [2.75, 3.05) is 19.5 Å². The van der Waals surface area contributed by atoms with E-state index in [0.717, 1.165) is 9.60 Å². The van der Waals surface area contributed by atoms with Crippen LogP contribution < -0.4 is 25.4 Å². The smallest absolute Gasteiger partial charge is 0.321 e. The lowest BCUT2D eigenvalue weighted by Gasteiger charge is -2.27. The summed E-state index contributed by atoms with van der Waals surface area (Å²) in [6.45, 7) is 3.56. The minimum Gasteiger partial charge on any atom is -0.497 e. The predicted molar refractivity (Wildman–Crippen MR) is 139 cm³/mol. The number of piperidine rings is 1. The van der Waals surface area contributed by atoms with Crippen molar-refractivity contribution < 1.29 is 33.4 Å². The van der Waals surface area contributed by atoms with E-state index < -0.39 is 41.2 Å². The summed E-state index contributed by atoms with van der Waals surface area (Å²) in [7, 11) is 3.09. The largest absolute Gasteiger partial charge is 0.497 e. The Labute approximate surface area is 225 Å². The van der Waals surface area contributed by atoms with Gasteiger partial charge in [0.2, 0.25) is 11.8 Å². The molecular weight excluding hydrogens is 528 g/mol. The molecule has 3 N–H and O–H groups in total. The van der Waals surface area contributed by atoms with Crippen molar-refractivity contribution in [3.63, 3.8) is 0 Å². The number of hydrogen-bond acceptors (Lipinski definition) is 10. The van der Waals surface area contributed by atoms with Crippen molar-refractivity contribution in [1.29, 1.82) is 0 Å². The number of benzene rings is 1. The number of imide groups is 2. The topological polar surface area (TPSA) is 169 Å². The quantitative estimate of drug-likeness (QED) is 0.388. The second-order valence-electron chi connectivity index (χ2n) is 9.44. The molecule has 1 saturated heterocycles. The first kappa shape index (κ1) is 26.0. The molecule has 1 atom stereocenters. The molecule has 2 aliphatic rings. The first-order valence-electron chi connectivity index (χ1n) is 11.9. The molecule has 4 heterocycles. The average molecular weight is 553 g/mol. The number of amides is 6. The van der Waals surface area contributed by atoms with Gasteiger partial charge in [-0.2, -0.15) is 0 Å². The van der Waals surface area contributed by atoms with Crippen molar-refractivity contribution in [3.05, 3.63) is 40.5 Å². The van der Waals surface area contributed by atoms with Gasteiger partial charge in [-0.25, -0.2) is 14.8 Å². The van der Waals surface area contributed by atoms with Crippen LogP contribution in [0.2, 0.25) is 0 Å². The lowest BCUT2D eigenvalue weighted by atomic mass is 10.0. The normalized spacial score (nSPS) is 17.2. The summed E-state index contributed by atoms with van der Waals surface area (Å²) in [5, 5.41) is 8.18. The Morgan fingerprint density at radius 1 is 1.10 bits per heavy atom. The highest BCUT2D eigenvalue weighted by molar-refractivity contribution is 7.18. The Balaban J connectivity index is 1.32. The molecule has 1 fully saturated rings. The fourth-order valence-electron chi connectivity index (χ4n) is 4.41. The number of fused-ring (bicyclic) bond motifs is 2. The Morgan fingerprint density at radius 3 is 2.56 bits per heavy atom. The molecule has 2 aromatic heterocycles. The number of nitrogens with one attached hydrogen (secondary N) is 3. The van der Waals surface area contributed by atoms with Crippen LogP contribution in [0.25, 0.3) is 10.2 Å². The Hall–Kier alpha value is -4.59. The fraction of sp³-hybridized carbons (Fsp3) is 0.320. The van der Waals surface area contributed by atoms with Gasteiger partial charge in [-0.3, -0.25) is 34.7 Å². The third kappa shape index (κ3) is 4.63. The Kier molecular flexibility index (Phi) is 6.42. The van der Waals surface area contributed by atoms with Gasteiger partial charge < -0.3 is 14.8 Å². The Bertz CT molecular complexity index is 1570. The minimum absolute atomic E-state index is 0.00892. The van der Waals surface area contributed by atoms with Gasteiger partial charge in [0.1, 0.15) is 39.6 Å². The number of ether oxygens (including phenoxy) is 2. The molecule has 13 nitrogen and oxygen atoms in total. The monoisotopic (exact) mass is 552 g/mol. The summed E-state index contributed by atoms with van der Waals surface area (Å²) < 4.78 is 11.6. The van der Waals surface area contributed by atoms with Gasteiger partial charge in [0.25, 0.3) is 11.8 Å². The van der Waals surface area contributed by atoms with E-state index in [1.807, 2.05) is 6.07 Å². The van der Waals surface area contributed by atoms with E-state index in [0.29, 0.717) is 22.0 Å². The van der Waals surface area contributed by atoms with Gasteiger partial charge in [0.05, 0.1) is 30.0 Å².